The zero-order chi connectivity index (χ0) is 15.2. The number of hydrogen-bond donors (Lipinski definition) is 0. The van der Waals surface area contributed by atoms with Gasteiger partial charge in [0.25, 0.3) is 0 Å². The summed E-state index contributed by atoms with van der Waals surface area (Å²) in [5.74, 6) is 0.411. The summed E-state index contributed by atoms with van der Waals surface area (Å²) in [7, 11) is 0. The summed E-state index contributed by atoms with van der Waals surface area (Å²) < 4.78 is 1.97. The first kappa shape index (κ1) is 14.2. The van der Waals surface area contributed by atoms with E-state index < -0.39 is 0 Å². The molecule has 0 bridgehead atoms. The Kier molecular flexibility index (Phi) is 3.48. The number of piperidine rings is 1. The van der Waals surface area contributed by atoms with Crippen LogP contribution in [0.5, 0.6) is 0 Å². The molecule has 1 spiro atoms. The van der Waals surface area contributed by atoms with Crippen molar-refractivity contribution < 1.29 is 4.79 Å². The van der Waals surface area contributed by atoms with Gasteiger partial charge in [-0.2, -0.15) is 5.10 Å². The number of hydrogen-bond acceptors (Lipinski definition) is 3. The third kappa shape index (κ3) is 2.26. The number of amides is 1. The van der Waals surface area contributed by atoms with Gasteiger partial charge in [-0.25, -0.2) is 0 Å². The Labute approximate surface area is 132 Å². The molecule has 2 aliphatic heterocycles. The molecular weight excluding hydrogens is 276 g/mol. The van der Waals surface area contributed by atoms with Gasteiger partial charge in [-0.3, -0.25) is 14.4 Å². The molecule has 1 saturated carbocycles. The van der Waals surface area contributed by atoms with E-state index in [1.165, 1.54) is 12.8 Å². The standard InChI is InChI=1S/C17H26N4O/c1-2-20-12-7-14(18-20)13-19-10-3-8-17(19)9-4-11-21(16(17)22)15-5-6-15/h7,12,15H,2-6,8-11,13H2,1H3. The zero-order valence-corrected chi connectivity index (χ0v) is 13.5. The molecule has 120 valence electrons. The lowest BCUT2D eigenvalue weighted by molar-refractivity contribution is -0.148. The molecular formula is C17H26N4O. The Hall–Kier alpha value is -1.36. The molecule has 0 N–H and O–H groups in total. The molecule has 5 nitrogen and oxygen atoms in total. The van der Waals surface area contributed by atoms with Crippen molar-refractivity contribution in [2.45, 2.75) is 70.1 Å². The highest BCUT2D eigenvalue weighted by Crippen LogP contribution is 2.42. The molecule has 3 fully saturated rings. The Morgan fingerprint density at radius 2 is 2.05 bits per heavy atom. The molecule has 2 saturated heterocycles. The van der Waals surface area contributed by atoms with Gasteiger partial charge < -0.3 is 4.90 Å². The van der Waals surface area contributed by atoms with Crippen molar-refractivity contribution in [1.82, 2.24) is 19.6 Å². The molecule has 3 aliphatic rings. The number of aryl methyl sites for hydroxylation is 1. The summed E-state index contributed by atoms with van der Waals surface area (Å²) in [5.41, 5.74) is 0.871. The number of likely N-dealkylation sites (tertiary alicyclic amines) is 2. The van der Waals surface area contributed by atoms with Crippen LogP contribution in [0.2, 0.25) is 0 Å². The maximum atomic E-state index is 13.2. The van der Waals surface area contributed by atoms with Crippen LogP contribution >= 0.6 is 0 Å². The highest BCUT2D eigenvalue weighted by atomic mass is 16.2. The van der Waals surface area contributed by atoms with Gasteiger partial charge in [0, 0.05) is 31.9 Å². The highest BCUT2D eigenvalue weighted by Gasteiger charge is 2.53. The smallest absolute Gasteiger partial charge is 0.243 e. The van der Waals surface area contributed by atoms with Crippen LogP contribution in [-0.4, -0.2) is 50.2 Å². The van der Waals surface area contributed by atoms with E-state index in [0.717, 1.165) is 57.6 Å². The van der Waals surface area contributed by atoms with Crippen LogP contribution in [-0.2, 0) is 17.9 Å². The monoisotopic (exact) mass is 302 g/mol. The van der Waals surface area contributed by atoms with Crippen LogP contribution in [0.4, 0.5) is 0 Å². The molecule has 4 rings (SSSR count). The van der Waals surface area contributed by atoms with Crippen LogP contribution in [0.15, 0.2) is 12.3 Å². The SMILES string of the molecule is CCn1ccc(CN2CCCC23CCCN(C2CC2)C3=O)n1. The summed E-state index contributed by atoms with van der Waals surface area (Å²) in [6.45, 7) is 5.83. The van der Waals surface area contributed by atoms with Crippen molar-refractivity contribution in [1.29, 1.82) is 0 Å². The summed E-state index contributed by atoms with van der Waals surface area (Å²) in [5, 5.41) is 4.61. The Balaban J connectivity index is 1.55. The molecule has 22 heavy (non-hydrogen) atoms. The maximum absolute atomic E-state index is 13.2. The minimum absolute atomic E-state index is 0.225. The molecule has 1 atom stereocenters. The van der Waals surface area contributed by atoms with Gasteiger partial charge in [0.2, 0.25) is 5.91 Å². The van der Waals surface area contributed by atoms with Crippen LogP contribution in [0.1, 0.15) is 51.1 Å². The summed E-state index contributed by atoms with van der Waals surface area (Å²) in [4.78, 5) is 17.8. The van der Waals surface area contributed by atoms with Gasteiger partial charge in [0.1, 0.15) is 5.54 Å². The quantitative estimate of drug-likeness (QED) is 0.854. The molecule has 1 aromatic rings. The predicted octanol–water partition coefficient (Wildman–Crippen LogP) is 2.02. The van der Waals surface area contributed by atoms with Crippen LogP contribution in [0.3, 0.4) is 0 Å². The minimum Gasteiger partial charge on any atom is -0.338 e. The first-order valence-electron chi connectivity index (χ1n) is 8.81. The van der Waals surface area contributed by atoms with Gasteiger partial charge in [-0.15, -0.1) is 0 Å². The topological polar surface area (TPSA) is 41.4 Å². The van der Waals surface area contributed by atoms with Crippen molar-refractivity contribution >= 4 is 5.91 Å². The average molecular weight is 302 g/mol. The van der Waals surface area contributed by atoms with E-state index >= 15 is 0 Å². The van der Waals surface area contributed by atoms with E-state index in [2.05, 4.69) is 27.9 Å². The first-order chi connectivity index (χ1) is 10.7. The molecule has 3 heterocycles. The second-order valence-corrected chi connectivity index (χ2v) is 7.05. The number of carbonyl (C=O) groups is 1. The molecule has 1 aliphatic carbocycles. The van der Waals surface area contributed by atoms with Crippen LogP contribution in [0, 0.1) is 0 Å². The lowest BCUT2D eigenvalue weighted by Crippen LogP contribution is -2.60. The number of rotatable bonds is 4. The fraction of sp³-hybridized carbons (Fsp3) is 0.765. The fourth-order valence-electron chi connectivity index (χ4n) is 4.30. The van der Waals surface area contributed by atoms with E-state index in [0.29, 0.717) is 11.9 Å². The molecule has 5 heteroatoms. The van der Waals surface area contributed by atoms with Gasteiger partial charge >= 0.3 is 0 Å². The van der Waals surface area contributed by atoms with Gasteiger partial charge in [0.15, 0.2) is 0 Å². The molecule has 1 unspecified atom stereocenters. The number of aromatic nitrogens is 2. The highest BCUT2D eigenvalue weighted by molar-refractivity contribution is 5.88. The van der Waals surface area contributed by atoms with E-state index in [4.69, 9.17) is 0 Å². The van der Waals surface area contributed by atoms with E-state index in [1.54, 1.807) is 0 Å². The lowest BCUT2D eigenvalue weighted by Gasteiger charge is -2.44. The summed E-state index contributed by atoms with van der Waals surface area (Å²) in [6, 6.07) is 2.65. The third-order valence-electron chi connectivity index (χ3n) is 5.63. The fourth-order valence-corrected chi connectivity index (χ4v) is 4.30. The van der Waals surface area contributed by atoms with Gasteiger partial charge in [-0.05, 0) is 58.1 Å². The Morgan fingerprint density at radius 1 is 1.27 bits per heavy atom. The largest absolute Gasteiger partial charge is 0.338 e. The normalized spacial score (nSPS) is 29.7. The number of nitrogens with zero attached hydrogens (tertiary/aromatic N) is 4. The average Bonchev–Trinajstić information content (AvgIpc) is 3.14. The lowest BCUT2D eigenvalue weighted by atomic mass is 9.85. The van der Waals surface area contributed by atoms with Crippen molar-refractivity contribution in [3.8, 4) is 0 Å². The third-order valence-corrected chi connectivity index (χ3v) is 5.63. The van der Waals surface area contributed by atoms with Gasteiger partial charge in [-0.1, -0.05) is 0 Å². The number of carbonyl (C=O) groups excluding carboxylic acids is 1. The van der Waals surface area contributed by atoms with Crippen molar-refractivity contribution in [3.63, 3.8) is 0 Å². The van der Waals surface area contributed by atoms with Crippen LogP contribution in [0.25, 0.3) is 0 Å². The van der Waals surface area contributed by atoms with Crippen molar-refractivity contribution in [2.75, 3.05) is 13.1 Å². The zero-order valence-electron chi connectivity index (χ0n) is 13.5. The summed E-state index contributed by atoms with van der Waals surface area (Å²) >= 11 is 0. The second-order valence-electron chi connectivity index (χ2n) is 7.05. The van der Waals surface area contributed by atoms with Gasteiger partial charge in [0.05, 0.1) is 5.69 Å². The molecule has 1 amide bonds. The molecule has 1 aromatic heterocycles. The maximum Gasteiger partial charge on any atom is 0.243 e. The van der Waals surface area contributed by atoms with Crippen LogP contribution < -0.4 is 0 Å². The predicted molar refractivity (Wildman–Crippen MR) is 84.2 cm³/mol. The summed E-state index contributed by atoms with van der Waals surface area (Å²) in [6.07, 6.45) is 8.82. The van der Waals surface area contributed by atoms with E-state index in [-0.39, 0.29) is 5.54 Å². The van der Waals surface area contributed by atoms with Crippen molar-refractivity contribution in [3.05, 3.63) is 18.0 Å². The minimum atomic E-state index is -0.225. The van der Waals surface area contributed by atoms with E-state index in [1.807, 2.05) is 10.9 Å². The Bertz CT molecular complexity index is 565. The Morgan fingerprint density at radius 3 is 2.73 bits per heavy atom. The van der Waals surface area contributed by atoms with E-state index in [9.17, 15) is 4.79 Å². The second kappa shape index (κ2) is 5.37. The molecule has 0 aromatic carbocycles. The van der Waals surface area contributed by atoms with Crippen molar-refractivity contribution in [2.24, 2.45) is 0 Å². The molecule has 0 radical (unpaired) electrons. The first-order valence-corrected chi connectivity index (χ1v) is 8.81.